The van der Waals surface area contributed by atoms with Gasteiger partial charge in [0, 0.05) is 12.8 Å². The Morgan fingerprint density at radius 1 is 0.418 bits per heavy atom. The number of esters is 1. The SMILES string of the molecule is CCCCCC/C=C\C/C=C\CCCCCCCCCC(=O)OCCCCCCCCCCCCCCCCCCCCCCC(=O)NC(CO)C(O)/C=C/CCCCCCCCCCCC. The van der Waals surface area contributed by atoms with Gasteiger partial charge in [0.15, 0.2) is 0 Å². The molecule has 2 unspecified atom stereocenters. The van der Waals surface area contributed by atoms with Crippen LogP contribution < -0.4 is 5.32 Å². The Labute approximate surface area is 417 Å². The van der Waals surface area contributed by atoms with Crippen molar-refractivity contribution in [2.45, 2.75) is 328 Å². The average Bonchev–Trinajstić information content (AvgIpc) is 3.33. The number of unbranched alkanes of at least 4 members (excludes halogenated alkanes) is 40. The highest BCUT2D eigenvalue weighted by Crippen LogP contribution is 2.17. The molecule has 1 amide bonds. The summed E-state index contributed by atoms with van der Waals surface area (Å²) < 4.78 is 5.49. The van der Waals surface area contributed by atoms with Gasteiger partial charge in [0.2, 0.25) is 5.91 Å². The second-order valence-corrected chi connectivity index (χ2v) is 20.3. The first-order chi connectivity index (χ1) is 33.0. The molecular formula is C61H115NO5. The quantitative estimate of drug-likeness (QED) is 0.0321. The Morgan fingerprint density at radius 3 is 1.15 bits per heavy atom. The molecule has 0 aromatic heterocycles. The van der Waals surface area contributed by atoms with Crippen LogP contribution in [-0.2, 0) is 14.3 Å². The predicted octanol–water partition coefficient (Wildman–Crippen LogP) is 18.4. The van der Waals surface area contributed by atoms with Crippen molar-refractivity contribution in [3.8, 4) is 0 Å². The maximum Gasteiger partial charge on any atom is 0.305 e. The van der Waals surface area contributed by atoms with Crippen LogP contribution in [0.5, 0.6) is 0 Å². The Hall–Kier alpha value is -1.92. The standard InChI is InChI=1S/C61H115NO5/c1-3-5-7-9-11-13-15-17-18-19-25-28-31-35-39-43-47-51-55-61(66)67-56-52-48-44-40-36-32-29-26-23-21-20-22-24-27-30-34-38-42-46-50-54-60(65)62-58(57-63)59(64)53-49-45-41-37-33-16-14-12-10-8-6-4-2/h13,15,18-19,49,53,58-59,63-64H,3-12,14,16-17,20-48,50-52,54-57H2,1-2H3,(H,62,65)/b15-13-,19-18-,53-49+. The van der Waals surface area contributed by atoms with Gasteiger partial charge in [0.1, 0.15) is 0 Å². The van der Waals surface area contributed by atoms with Crippen molar-refractivity contribution in [3.05, 3.63) is 36.5 Å². The van der Waals surface area contributed by atoms with Crippen LogP contribution >= 0.6 is 0 Å². The van der Waals surface area contributed by atoms with Crippen molar-refractivity contribution in [2.24, 2.45) is 0 Å². The second kappa shape index (κ2) is 56.7. The molecule has 67 heavy (non-hydrogen) atoms. The first-order valence-electron chi connectivity index (χ1n) is 29.8. The highest BCUT2D eigenvalue weighted by Gasteiger charge is 2.18. The number of allylic oxidation sites excluding steroid dienone is 5. The molecule has 0 saturated heterocycles. The van der Waals surface area contributed by atoms with Crippen LogP contribution in [0.3, 0.4) is 0 Å². The molecule has 0 aliphatic rings. The first kappa shape index (κ1) is 65.1. The van der Waals surface area contributed by atoms with Crippen LogP contribution in [0.4, 0.5) is 0 Å². The zero-order valence-corrected chi connectivity index (χ0v) is 44.9. The minimum atomic E-state index is -0.845. The maximum atomic E-state index is 12.4. The van der Waals surface area contributed by atoms with Gasteiger partial charge in [-0.05, 0) is 64.2 Å². The Morgan fingerprint density at radius 2 is 0.746 bits per heavy atom. The lowest BCUT2D eigenvalue weighted by Gasteiger charge is -2.20. The van der Waals surface area contributed by atoms with Crippen molar-refractivity contribution in [3.63, 3.8) is 0 Å². The van der Waals surface area contributed by atoms with E-state index < -0.39 is 12.1 Å². The summed E-state index contributed by atoms with van der Waals surface area (Å²) in [6.07, 6.45) is 70.3. The lowest BCUT2D eigenvalue weighted by Crippen LogP contribution is -2.45. The van der Waals surface area contributed by atoms with Crippen LogP contribution in [0.15, 0.2) is 36.5 Å². The van der Waals surface area contributed by atoms with E-state index in [1.165, 1.54) is 238 Å². The Balaban J connectivity index is 3.40. The van der Waals surface area contributed by atoms with Gasteiger partial charge in [-0.1, -0.05) is 275 Å². The van der Waals surface area contributed by atoms with E-state index in [2.05, 4.69) is 43.5 Å². The summed E-state index contributed by atoms with van der Waals surface area (Å²) in [6, 6.07) is -0.628. The van der Waals surface area contributed by atoms with Crippen LogP contribution in [0.2, 0.25) is 0 Å². The van der Waals surface area contributed by atoms with E-state index >= 15 is 0 Å². The summed E-state index contributed by atoms with van der Waals surface area (Å²) in [5, 5.41) is 23.0. The summed E-state index contributed by atoms with van der Waals surface area (Å²) in [4.78, 5) is 24.5. The number of aliphatic hydroxyl groups excluding tert-OH is 2. The summed E-state index contributed by atoms with van der Waals surface area (Å²) in [5.74, 6) is -0.0680. The van der Waals surface area contributed by atoms with Crippen molar-refractivity contribution < 1.29 is 24.5 Å². The number of carbonyl (C=O) groups excluding carboxylic acids is 2. The van der Waals surface area contributed by atoms with E-state index in [-0.39, 0.29) is 18.5 Å². The average molecular weight is 943 g/mol. The fourth-order valence-electron chi connectivity index (χ4n) is 9.08. The minimum absolute atomic E-state index is 0.00241. The monoisotopic (exact) mass is 942 g/mol. The number of amides is 1. The summed E-state index contributed by atoms with van der Waals surface area (Å²) >= 11 is 0. The molecule has 0 spiro atoms. The molecule has 0 fully saturated rings. The summed E-state index contributed by atoms with van der Waals surface area (Å²) in [5.41, 5.74) is 0. The molecular weight excluding hydrogens is 827 g/mol. The maximum absolute atomic E-state index is 12.4. The molecule has 0 heterocycles. The molecule has 394 valence electrons. The highest BCUT2D eigenvalue weighted by atomic mass is 16.5. The van der Waals surface area contributed by atoms with Gasteiger partial charge in [-0.3, -0.25) is 9.59 Å². The van der Waals surface area contributed by atoms with Crippen molar-refractivity contribution in [1.82, 2.24) is 5.32 Å². The van der Waals surface area contributed by atoms with E-state index in [1.807, 2.05) is 6.08 Å². The second-order valence-electron chi connectivity index (χ2n) is 20.3. The van der Waals surface area contributed by atoms with Gasteiger partial charge in [-0.2, -0.15) is 0 Å². The zero-order valence-electron chi connectivity index (χ0n) is 44.9. The van der Waals surface area contributed by atoms with Gasteiger partial charge >= 0.3 is 5.97 Å². The summed E-state index contributed by atoms with van der Waals surface area (Å²) in [7, 11) is 0. The third-order valence-electron chi connectivity index (χ3n) is 13.7. The van der Waals surface area contributed by atoms with Crippen LogP contribution in [0, 0.1) is 0 Å². The number of hydrogen-bond acceptors (Lipinski definition) is 5. The minimum Gasteiger partial charge on any atom is -0.466 e. The smallest absolute Gasteiger partial charge is 0.305 e. The van der Waals surface area contributed by atoms with E-state index in [9.17, 15) is 19.8 Å². The molecule has 0 aliphatic carbocycles. The number of hydrogen-bond donors (Lipinski definition) is 3. The Kier molecular flexibility index (Phi) is 55.0. The Bertz CT molecular complexity index is 1090. The zero-order chi connectivity index (χ0) is 48.6. The molecule has 0 radical (unpaired) electrons. The van der Waals surface area contributed by atoms with Crippen LogP contribution in [-0.4, -0.2) is 47.4 Å². The van der Waals surface area contributed by atoms with E-state index in [1.54, 1.807) is 6.08 Å². The molecule has 2 atom stereocenters. The number of rotatable bonds is 55. The van der Waals surface area contributed by atoms with Gasteiger partial charge in [0.25, 0.3) is 0 Å². The molecule has 0 saturated carbocycles. The normalized spacial score (nSPS) is 12.8. The van der Waals surface area contributed by atoms with Gasteiger partial charge in [0.05, 0.1) is 25.4 Å². The number of carbonyl (C=O) groups is 2. The first-order valence-corrected chi connectivity index (χ1v) is 29.8. The largest absolute Gasteiger partial charge is 0.466 e. The molecule has 0 bridgehead atoms. The van der Waals surface area contributed by atoms with Crippen LogP contribution in [0.1, 0.15) is 316 Å². The third-order valence-corrected chi connectivity index (χ3v) is 13.7. The van der Waals surface area contributed by atoms with E-state index in [0.29, 0.717) is 19.4 Å². The van der Waals surface area contributed by atoms with Crippen LogP contribution in [0.25, 0.3) is 0 Å². The third kappa shape index (κ3) is 53.3. The molecule has 0 rings (SSSR count). The molecule has 6 heteroatoms. The fourth-order valence-corrected chi connectivity index (χ4v) is 9.08. The summed E-state index contributed by atoms with van der Waals surface area (Å²) in [6.45, 7) is 4.88. The molecule has 3 N–H and O–H groups in total. The molecule has 6 nitrogen and oxygen atoms in total. The highest BCUT2D eigenvalue weighted by molar-refractivity contribution is 5.76. The molecule has 0 aliphatic heterocycles. The lowest BCUT2D eigenvalue weighted by molar-refractivity contribution is -0.143. The molecule has 0 aromatic rings. The topological polar surface area (TPSA) is 95.9 Å². The number of ether oxygens (including phenoxy) is 1. The fraction of sp³-hybridized carbons (Fsp3) is 0.869. The van der Waals surface area contributed by atoms with Gasteiger partial charge < -0.3 is 20.3 Å². The predicted molar refractivity (Wildman–Crippen MR) is 292 cm³/mol. The van der Waals surface area contributed by atoms with Crippen molar-refractivity contribution in [2.75, 3.05) is 13.2 Å². The molecule has 0 aromatic carbocycles. The lowest BCUT2D eigenvalue weighted by atomic mass is 10.0. The van der Waals surface area contributed by atoms with E-state index in [4.69, 9.17) is 4.74 Å². The van der Waals surface area contributed by atoms with Gasteiger partial charge in [-0.25, -0.2) is 0 Å². The van der Waals surface area contributed by atoms with Crippen molar-refractivity contribution >= 4 is 11.9 Å². The number of aliphatic hydroxyl groups is 2. The van der Waals surface area contributed by atoms with Gasteiger partial charge in [-0.15, -0.1) is 0 Å². The van der Waals surface area contributed by atoms with E-state index in [0.717, 1.165) is 51.4 Å². The van der Waals surface area contributed by atoms with Crippen molar-refractivity contribution in [1.29, 1.82) is 0 Å². The number of nitrogens with one attached hydrogen (secondary N) is 1.